The highest BCUT2D eigenvalue weighted by molar-refractivity contribution is 4.82. The molecule has 0 bridgehead atoms. The maximum absolute atomic E-state index is 5.63. The minimum atomic E-state index is 0.209. The molecule has 0 saturated heterocycles. The first-order chi connectivity index (χ1) is 7.13. The van der Waals surface area contributed by atoms with Crippen molar-refractivity contribution in [3.63, 3.8) is 0 Å². The Morgan fingerprint density at radius 2 is 1.40 bits per heavy atom. The van der Waals surface area contributed by atoms with Crippen LogP contribution in [-0.4, -0.2) is 26.4 Å². The summed E-state index contributed by atoms with van der Waals surface area (Å²) in [4.78, 5) is 0. The molecule has 0 aromatic rings. The van der Waals surface area contributed by atoms with E-state index in [4.69, 9.17) is 9.47 Å². The van der Waals surface area contributed by atoms with E-state index in [9.17, 15) is 0 Å². The molecule has 0 fully saturated rings. The zero-order chi connectivity index (χ0) is 11.7. The molecule has 0 aliphatic heterocycles. The van der Waals surface area contributed by atoms with Crippen molar-refractivity contribution in [3.8, 4) is 0 Å². The molecular formula is C13H28O2. The Morgan fingerprint density at radius 3 is 1.67 bits per heavy atom. The van der Waals surface area contributed by atoms with E-state index in [1.54, 1.807) is 0 Å². The summed E-state index contributed by atoms with van der Waals surface area (Å²) in [6.45, 7) is 14.1. The lowest BCUT2D eigenvalue weighted by Gasteiger charge is -2.37. The number of ether oxygens (including phenoxy) is 2. The van der Waals surface area contributed by atoms with Crippen LogP contribution in [0.2, 0.25) is 0 Å². The van der Waals surface area contributed by atoms with Gasteiger partial charge in [-0.1, -0.05) is 27.2 Å². The molecule has 0 spiro atoms. The maximum Gasteiger partial charge on any atom is 0.0546 e. The van der Waals surface area contributed by atoms with Crippen molar-refractivity contribution in [1.82, 2.24) is 0 Å². The van der Waals surface area contributed by atoms with Gasteiger partial charge in [0.2, 0.25) is 0 Å². The molecule has 0 N–H and O–H groups in total. The Bertz CT molecular complexity index is 135. The Morgan fingerprint density at radius 1 is 0.933 bits per heavy atom. The van der Waals surface area contributed by atoms with Crippen LogP contribution in [0.3, 0.4) is 0 Å². The van der Waals surface area contributed by atoms with Gasteiger partial charge in [0.25, 0.3) is 0 Å². The molecule has 0 aliphatic carbocycles. The Kier molecular flexibility index (Phi) is 8.07. The molecule has 2 heteroatoms. The molecule has 92 valence electrons. The second kappa shape index (κ2) is 8.12. The largest absolute Gasteiger partial charge is 0.381 e. The van der Waals surface area contributed by atoms with E-state index in [1.807, 2.05) is 0 Å². The Balaban J connectivity index is 4.41. The number of hydrogen-bond acceptors (Lipinski definition) is 2. The Hall–Kier alpha value is -0.0800. The minimum Gasteiger partial charge on any atom is -0.381 e. The first-order valence-corrected chi connectivity index (χ1v) is 6.28. The average molecular weight is 216 g/mol. The van der Waals surface area contributed by atoms with E-state index in [0.29, 0.717) is 5.92 Å². The topological polar surface area (TPSA) is 18.5 Å². The lowest BCUT2D eigenvalue weighted by atomic mass is 9.75. The molecule has 0 radical (unpaired) electrons. The molecule has 0 atom stereocenters. The highest BCUT2D eigenvalue weighted by Gasteiger charge is 2.33. The standard InChI is InChI=1S/C13H28O2/c1-6-9-13(12(4)5,10-14-7-2)11-15-8-3/h12H,6-11H2,1-5H3. The molecule has 0 amide bonds. The van der Waals surface area contributed by atoms with Gasteiger partial charge in [-0.3, -0.25) is 0 Å². The third-order valence-corrected chi connectivity index (χ3v) is 3.16. The predicted molar refractivity (Wildman–Crippen MR) is 65.2 cm³/mol. The fourth-order valence-corrected chi connectivity index (χ4v) is 1.92. The normalized spacial score (nSPS) is 12.4. The highest BCUT2D eigenvalue weighted by Crippen LogP contribution is 2.33. The molecule has 0 aromatic heterocycles. The van der Waals surface area contributed by atoms with Crippen molar-refractivity contribution < 1.29 is 9.47 Å². The first-order valence-electron chi connectivity index (χ1n) is 6.28. The fourth-order valence-electron chi connectivity index (χ4n) is 1.92. The number of rotatable bonds is 9. The van der Waals surface area contributed by atoms with Gasteiger partial charge in [-0.25, -0.2) is 0 Å². The van der Waals surface area contributed by atoms with Crippen molar-refractivity contribution in [2.24, 2.45) is 11.3 Å². The van der Waals surface area contributed by atoms with Crippen molar-refractivity contribution in [3.05, 3.63) is 0 Å². The second-order valence-corrected chi connectivity index (χ2v) is 4.54. The molecule has 15 heavy (non-hydrogen) atoms. The van der Waals surface area contributed by atoms with Crippen LogP contribution >= 0.6 is 0 Å². The van der Waals surface area contributed by atoms with Crippen molar-refractivity contribution in [2.75, 3.05) is 26.4 Å². The van der Waals surface area contributed by atoms with Crippen LogP contribution in [0.1, 0.15) is 47.5 Å². The van der Waals surface area contributed by atoms with E-state index in [1.165, 1.54) is 12.8 Å². The van der Waals surface area contributed by atoms with Gasteiger partial charge in [0.15, 0.2) is 0 Å². The number of hydrogen-bond donors (Lipinski definition) is 0. The average Bonchev–Trinajstić information content (AvgIpc) is 2.22. The van der Waals surface area contributed by atoms with E-state index < -0.39 is 0 Å². The van der Waals surface area contributed by atoms with Crippen molar-refractivity contribution >= 4 is 0 Å². The Labute approximate surface area is 95.3 Å². The van der Waals surface area contributed by atoms with E-state index >= 15 is 0 Å². The molecule has 0 saturated carbocycles. The summed E-state index contributed by atoms with van der Waals surface area (Å²) in [5.74, 6) is 0.607. The van der Waals surface area contributed by atoms with Crippen molar-refractivity contribution in [2.45, 2.75) is 47.5 Å². The fraction of sp³-hybridized carbons (Fsp3) is 1.00. The second-order valence-electron chi connectivity index (χ2n) is 4.54. The summed E-state index contributed by atoms with van der Waals surface area (Å²) in [5, 5.41) is 0. The molecule has 0 heterocycles. The van der Waals surface area contributed by atoms with Crippen LogP contribution in [0.15, 0.2) is 0 Å². The lowest BCUT2D eigenvalue weighted by Crippen LogP contribution is -2.37. The van der Waals surface area contributed by atoms with Crippen LogP contribution in [0.4, 0.5) is 0 Å². The van der Waals surface area contributed by atoms with Gasteiger partial charge in [-0.15, -0.1) is 0 Å². The van der Waals surface area contributed by atoms with E-state index in [2.05, 4.69) is 34.6 Å². The first kappa shape index (κ1) is 14.9. The monoisotopic (exact) mass is 216 g/mol. The zero-order valence-corrected chi connectivity index (χ0v) is 11.1. The minimum absolute atomic E-state index is 0.209. The van der Waals surface area contributed by atoms with Crippen LogP contribution in [0.5, 0.6) is 0 Å². The lowest BCUT2D eigenvalue weighted by molar-refractivity contribution is -0.0484. The summed E-state index contributed by atoms with van der Waals surface area (Å²) in [5.41, 5.74) is 0.209. The van der Waals surface area contributed by atoms with Gasteiger partial charge < -0.3 is 9.47 Å². The summed E-state index contributed by atoms with van der Waals surface area (Å²) < 4.78 is 11.3. The van der Waals surface area contributed by atoms with Gasteiger partial charge in [-0.05, 0) is 26.2 Å². The summed E-state index contributed by atoms with van der Waals surface area (Å²) in [6.07, 6.45) is 2.38. The summed E-state index contributed by atoms with van der Waals surface area (Å²) in [7, 11) is 0. The molecule has 0 rings (SSSR count). The van der Waals surface area contributed by atoms with Crippen LogP contribution in [0, 0.1) is 11.3 Å². The maximum atomic E-state index is 5.63. The third kappa shape index (κ3) is 4.98. The van der Waals surface area contributed by atoms with Crippen LogP contribution in [-0.2, 0) is 9.47 Å². The summed E-state index contributed by atoms with van der Waals surface area (Å²) in [6, 6.07) is 0. The predicted octanol–water partition coefficient (Wildman–Crippen LogP) is 3.50. The van der Waals surface area contributed by atoms with Crippen LogP contribution in [0.25, 0.3) is 0 Å². The molecule has 0 aromatic carbocycles. The highest BCUT2D eigenvalue weighted by atomic mass is 16.5. The van der Waals surface area contributed by atoms with Gasteiger partial charge >= 0.3 is 0 Å². The molecule has 0 aliphatic rings. The molecule has 0 unspecified atom stereocenters. The van der Waals surface area contributed by atoms with Gasteiger partial charge in [0.05, 0.1) is 13.2 Å². The SMILES string of the molecule is CCCC(COCC)(COCC)C(C)C. The summed E-state index contributed by atoms with van der Waals surface area (Å²) >= 11 is 0. The van der Waals surface area contributed by atoms with Crippen molar-refractivity contribution in [1.29, 1.82) is 0 Å². The quantitative estimate of drug-likeness (QED) is 0.587. The smallest absolute Gasteiger partial charge is 0.0546 e. The third-order valence-electron chi connectivity index (χ3n) is 3.16. The van der Waals surface area contributed by atoms with Gasteiger partial charge in [0.1, 0.15) is 0 Å². The van der Waals surface area contributed by atoms with E-state index in [0.717, 1.165) is 26.4 Å². The van der Waals surface area contributed by atoms with Gasteiger partial charge in [0, 0.05) is 18.6 Å². The molecule has 2 nitrogen and oxygen atoms in total. The van der Waals surface area contributed by atoms with Crippen LogP contribution < -0.4 is 0 Å². The molecular weight excluding hydrogens is 188 g/mol. The van der Waals surface area contributed by atoms with Gasteiger partial charge in [-0.2, -0.15) is 0 Å². The zero-order valence-electron chi connectivity index (χ0n) is 11.1. The van der Waals surface area contributed by atoms with E-state index in [-0.39, 0.29) is 5.41 Å².